The van der Waals surface area contributed by atoms with Gasteiger partial charge in [0.25, 0.3) is 0 Å². The zero-order valence-corrected chi connectivity index (χ0v) is 12.5. The Morgan fingerprint density at radius 2 is 1.90 bits per heavy atom. The number of benzene rings is 1. The molecule has 1 aromatic carbocycles. The summed E-state index contributed by atoms with van der Waals surface area (Å²) in [7, 11) is 1.69. The second-order valence-corrected chi connectivity index (χ2v) is 4.86. The first-order valence-corrected chi connectivity index (χ1v) is 6.78. The molecule has 4 heteroatoms. The molecule has 1 heterocycles. The SMILES string of the molecule is COCCc1ccc(Oc2nc(C)cc(C)c2C#N)cc1. The van der Waals surface area contributed by atoms with E-state index in [1.54, 1.807) is 7.11 Å². The molecule has 0 aliphatic carbocycles. The van der Waals surface area contributed by atoms with Crippen molar-refractivity contribution in [3.8, 4) is 17.7 Å². The second kappa shape index (κ2) is 6.87. The van der Waals surface area contributed by atoms with Gasteiger partial charge in [-0.25, -0.2) is 4.98 Å². The monoisotopic (exact) mass is 282 g/mol. The summed E-state index contributed by atoms with van der Waals surface area (Å²) < 4.78 is 10.8. The lowest BCUT2D eigenvalue weighted by Crippen LogP contribution is -1.97. The summed E-state index contributed by atoms with van der Waals surface area (Å²) in [6, 6.07) is 11.8. The molecule has 2 aromatic rings. The van der Waals surface area contributed by atoms with Crippen LogP contribution in [-0.2, 0) is 11.2 Å². The van der Waals surface area contributed by atoms with Crippen LogP contribution in [0.4, 0.5) is 0 Å². The van der Waals surface area contributed by atoms with Crippen LogP contribution in [-0.4, -0.2) is 18.7 Å². The molecule has 4 nitrogen and oxygen atoms in total. The van der Waals surface area contributed by atoms with Gasteiger partial charge in [0.05, 0.1) is 6.61 Å². The van der Waals surface area contributed by atoms with Gasteiger partial charge in [-0.15, -0.1) is 0 Å². The number of aromatic nitrogens is 1. The maximum Gasteiger partial charge on any atom is 0.237 e. The highest BCUT2D eigenvalue weighted by molar-refractivity contribution is 5.47. The molecule has 0 aliphatic rings. The number of ether oxygens (including phenoxy) is 2. The number of nitriles is 1. The largest absolute Gasteiger partial charge is 0.438 e. The fraction of sp³-hybridized carbons (Fsp3) is 0.294. The predicted octanol–water partition coefficient (Wildman–Crippen LogP) is 3.55. The average molecular weight is 282 g/mol. The molecule has 0 bridgehead atoms. The minimum atomic E-state index is 0.361. The van der Waals surface area contributed by atoms with Crippen LogP contribution < -0.4 is 4.74 Å². The third-order valence-corrected chi connectivity index (χ3v) is 3.16. The van der Waals surface area contributed by atoms with Crippen molar-refractivity contribution in [1.29, 1.82) is 5.26 Å². The molecule has 0 saturated heterocycles. The number of rotatable bonds is 5. The van der Waals surface area contributed by atoms with Gasteiger partial charge in [0.1, 0.15) is 17.4 Å². The Bertz CT molecular complexity index is 658. The Labute approximate surface area is 125 Å². The Morgan fingerprint density at radius 1 is 1.19 bits per heavy atom. The molecule has 0 aliphatic heterocycles. The highest BCUT2D eigenvalue weighted by atomic mass is 16.5. The highest BCUT2D eigenvalue weighted by Gasteiger charge is 2.10. The van der Waals surface area contributed by atoms with Crippen LogP contribution in [0, 0.1) is 25.2 Å². The van der Waals surface area contributed by atoms with Gasteiger partial charge in [0.15, 0.2) is 0 Å². The summed E-state index contributed by atoms with van der Waals surface area (Å²) in [5, 5.41) is 9.23. The number of hydrogen-bond donors (Lipinski definition) is 0. The molecule has 0 spiro atoms. The van der Waals surface area contributed by atoms with Gasteiger partial charge in [-0.1, -0.05) is 12.1 Å². The predicted molar refractivity (Wildman–Crippen MR) is 80.5 cm³/mol. The molecule has 0 saturated carbocycles. The van der Waals surface area contributed by atoms with Gasteiger partial charge in [0.2, 0.25) is 5.88 Å². The zero-order chi connectivity index (χ0) is 15.2. The maximum atomic E-state index is 9.23. The van der Waals surface area contributed by atoms with Gasteiger partial charge in [0, 0.05) is 12.8 Å². The van der Waals surface area contributed by atoms with Crippen molar-refractivity contribution in [2.75, 3.05) is 13.7 Å². The van der Waals surface area contributed by atoms with E-state index < -0.39 is 0 Å². The van der Waals surface area contributed by atoms with Crippen molar-refractivity contribution in [1.82, 2.24) is 4.98 Å². The Morgan fingerprint density at radius 3 is 2.52 bits per heavy atom. The number of nitrogens with zero attached hydrogens (tertiary/aromatic N) is 2. The van der Waals surface area contributed by atoms with Crippen molar-refractivity contribution in [2.24, 2.45) is 0 Å². The Kier molecular flexibility index (Phi) is 4.91. The summed E-state index contributed by atoms with van der Waals surface area (Å²) in [5.74, 6) is 1.03. The van der Waals surface area contributed by atoms with Crippen LogP contribution in [0.5, 0.6) is 11.6 Å². The van der Waals surface area contributed by atoms with E-state index in [1.807, 2.05) is 44.2 Å². The molecule has 2 rings (SSSR count). The summed E-state index contributed by atoms with van der Waals surface area (Å²) in [6.07, 6.45) is 0.863. The van der Waals surface area contributed by atoms with E-state index >= 15 is 0 Å². The van der Waals surface area contributed by atoms with E-state index in [9.17, 15) is 5.26 Å². The van der Waals surface area contributed by atoms with Crippen LogP contribution in [0.2, 0.25) is 0 Å². The standard InChI is InChI=1S/C17H18N2O2/c1-12-10-13(2)19-17(16(12)11-18)21-15-6-4-14(5-7-15)8-9-20-3/h4-7,10H,8-9H2,1-3H3. The van der Waals surface area contributed by atoms with Crippen molar-refractivity contribution in [3.05, 3.63) is 52.7 Å². The second-order valence-electron chi connectivity index (χ2n) is 4.86. The molecule has 0 atom stereocenters. The van der Waals surface area contributed by atoms with E-state index in [0.717, 1.165) is 17.7 Å². The minimum Gasteiger partial charge on any atom is -0.438 e. The van der Waals surface area contributed by atoms with Crippen molar-refractivity contribution >= 4 is 0 Å². The first-order valence-electron chi connectivity index (χ1n) is 6.78. The summed E-state index contributed by atoms with van der Waals surface area (Å²) in [5.41, 5.74) is 3.36. The Hall–Kier alpha value is -2.38. The van der Waals surface area contributed by atoms with Crippen molar-refractivity contribution in [2.45, 2.75) is 20.3 Å². The van der Waals surface area contributed by atoms with Crippen LogP contribution in [0.15, 0.2) is 30.3 Å². The number of methoxy groups -OCH3 is 1. The van der Waals surface area contributed by atoms with Gasteiger partial charge in [-0.05, 0) is 49.6 Å². The topological polar surface area (TPSA) is 55.1 Å². The number of pyridine rings is 1. The van der Waals surface area contributed by atoms with Gasteiger partial charge < -0.3 is 9.47 Å². The van der Waals surface area contributed by atoms with E-state index in [1.165, 1.54) is 5.56 Å². The minimum absolute atomic E-state index is 0.361. The quantitative estimate of drug-likeness (QED) is 0.841. The lowest BCUT2D eigenvalue weighted by molar-refractivity contribution is 0.202. The van der Waals surface area contributed by atoms with Crippen LogP contribution in [0.1, 0.15) is 22.4 Å². The molecular formula is C17H18N2O2. The van der Waals surface area contributed by atoms with Gasteiger partial charge in [-0.2, -0.15) is 5.26 Å². The third-order valence-electron chi connectivity index (χ3n) is 3.16. The average Bonchev–Trinajstić information content (AvgIpc) is 2.46. The normalized spacial score (nSPS) is 10.2. The van der Waals surface area contributed by atoms with Gasteiger partial charge in [-0.3, -0.25) is 0 Å². The summed E-state index contributed by atoms with van der Waals surface area (Å²) >= 11 is 0. The van der Waals surface area contributed by atoms with E-state index in [2.05, 4.69) is 11.1 Å². The highest BCUT2D eigenvalue weighted by Crippen LogP contribution is 2.26. The molecule has 108 valence electrons. The number of hydrogen-bond acceptors (Lipinski definition) is 4. The molecule has 0 unspecified atom stereocenters. The first kappa shape index (κ1) is 15.0. The lowest BCUT2D eigenvalue weighted by Gasteiger charge is -2.10. The first-order chi connectivity index (χ1) is 10.1. The van der Waals surface area contributed by atoms with E-state index in [0.29, 0.717) is 23.8 Å². The third kappa shape index (κ3) is 3.80. The molecule has 0 radical (unpaired) electrons. The molecule has 1 aromatic heterocycles. The van der Waals surface area contributed by atoms with Crippen LogP contribution in [0.25, 0.3) is 0 Å². The lowest BCUT2D eigenvalue weighted by atomic mass is 10.1. The van der Waals surface area contributed by atoms with E-state index in [4.69, 9.17) is 9.47 Å². The smallest absolute Gasteiger partial charge is 0.237 e. The molecule has 21 heavy (non-hydrogen) atoms. The fourth-order valence-corrected chi connectivity index (χ4v) is 2.07. The molecule has 0 fully saturated rings. The summed E-state index contributed by atoms with van der Waals surface area (Å²) in [4.78, 5) is 4.31. The van der Waals surface area contributed by atoms with Crippen LogP contribution >= 0.6 is 0 Å². The Balaban J connectivity index is 2.20. The van der Waals surface area contributed by atoms with Crippen molar-refractivity contribution < 1.29 is 9.47 Å². The summed E-state index contributed by atoms with van der Waals surface area (Å²) in [6.45, 7) is 4.46. The zero-order valence-electron chi connectivity index (χ0n) is 12.5. The van der Waals surface area contributed by atoms with E-state index in [-0.39, 0.29) is 0 Å². The van der Waals surface area contributed by atoms with Gasteiger partial charge >= 0.3 is 0 Å². The number of aryl methyl sites for hydroxylation is 2. The molecular weight excluding hydrogens is 264 g/mol. The molecule has 0 N–H and O–H groups in total. The maximum absolute atomic E-state index is 9.23. The van der Waals surface area contributed by atoms with Crippen molar-refractivity contribution in [3.63, 3.8) is 0 Å². The molecule has 0 amide bonds. The fourth-order valence-electron chi connectivity index (χ4n) is 2.07. The van der Waals surface area contributed by atoms with Crippen LogP contribution in [0.3, 0.4) is 0 Å².